The first-order valence-corrected chi connectivity index (χ1v) is 8.15. The van der Waals surface area contributed by atoms with Gasteiger partial charge in [0.05, 0.1) is 4.47 Å². The Bertz CT molecular complexity index is 335. The molecule has 18 heavy (non-hydrogen) atoms. The van der Waals surface area contributed by atoms with Crippen LogP contribution in [0.3, 0.4) is 0 Å². The van der Waals surface area contributed by atoms with E-state index in [-0.39, 0.29) is 0 Å². The highest BCUT2D eigenvalue weighted by Gasteiger charge is 2.19. The molecule has 1 rings (SSSR count). The lowest BCUT2D eigenvalue weighted by molar-refractivity contribution is -0.151. The summed E-state index contributed by atoms with van der Waals surface area (Å²) in [5.74, 6) is 1.79. The topological polar surface area (TPSA) is 31.6 Å². The maximum Gasteiger partial charge on any atom is 0.217 e. The van der Waals surface area contributed by atoms with Gasteiger partial charge in [-0.2, -0.15) is 0 Å². The number of hydrogen-bond donors (Lipinski definition) is 0. The molecule has 0 unspecified atom stereocenters. The highest BCUT2D eigenvalue weighted by atomic mass is 79.9. The van der Waals surface area contributed by atoms with Crippen LogP contribution in [0.4, 0.5) is 0 Å². The summed E-state index contributed by atoms with van der Waals surface area (Å²) >= 11 is 5.24. The summed E-state index contributed by atoms with van der Waals surface area (Å²) in [6, 6.07) is 1.93. The van der Waals surface area contributed by atoms with Gasteiger partial charge in [-0.25, -0.2) is 0 Å². The van der Waals surface area contributed by atoms with Crippen molar-refractivity contribution in [2.75, 3.05) is 19.0 Å². The third-order valence-electron chi connectivity index (χ3n) is 2.27. The van der Waals surface area contributed by atoms with Crippen molar-refractivity contribution in [2.45, 2.75) is 45.0 Å². The Morgan fingerprint density at radius 1 is 1.28 bits per heavy atom. The average molecular weight is 337 g/mol. The van der Waals surface area contributed by atoms with Crippen molar-refractivity contribution in [1.82, 2.24) is 0 Å². The van der Waals surface area contributed by atoms with Crippen LogP contribution in [0.15, 0.2) is 20.0 Å². The average Bonchev–Trinajstić information content (AvgIpc) is 2.71. The molecule has 0 N–H and O–H groups in total. The minimum Gasteiger partial charge on any atom is -0.448 e. The van der Waals surface area contributed by atoms with Gasteiger partial charge >= 0.3 is 0 Å². The molecule has 0 amide bonds. The molecule has 0 aromatic carbocycles. The van der Waals surface area contributed by atoms with Crippen LogP contribution in [-0.2, 0) is 9.47 Å². The number of rotatable bonds is 9. The zero-order valence-electron chi connectivity index (χ0n) is 11.2. The van der Waals surface area contributed by atoms with Crippen LogP contribution < -0.4 is 0 Å². The lowest BCUT2D eigenvalue weighted by Gasteiger charge is -2.13. The quantitative estimate of drug-likeness (QED) is 0.360. The summed E-state index contributed by atoms with van der Waals surface area (Å²) in [4.78, 5) is 0. The zero-order valence-corrected chi connectivity index (χ0v) is 13.6. The lowest BCUT2D eigenvalue weighted by atomic mass is 10.4. The lowest BCUT2D eigenvalue weighted by Crippen LogP contribution is -2.07. The van der Waals surface area contributed by atoms with Crippen molar-refractivity contribution < 1.29 is 13.9 Å². The molecule has 1 aromatic rings. The van der Waals surface area contributed by atoms with E-state index in [2.05, 4.69) is 22.9 Å². The van der Waals surface area contributed by atoms with Gasteiger partial charge in [-0.1, -0.05) is 25.1 Å². The fraction of sp³-hybridized carbons (Fsp3) is 0.692. The van der Waals surface area contributed by atoms with Crippen LogP contribution >= 0.6 is 27.7 Å². The van der Waals surface area contributed by atoms with E-state index in [1.165, 1.54) is 12.8 Å². The number of ether oxygens (including phenoxy) is 2. The number of hydrogen-bond acceptors (Lipinski definition) is 4. The highest BCUT2D eigenvalue weighted by molar-refractivity contribution is 9.10. The summed E-state index contributed by atoms with van der Waals surface area (Å²) in [5.41, 5.74) is 0. The number of unbranched alkanes of at least 4 members (excludes halogenated alkanes) is 1. The van der Waals surface area contributed by atoms with Crippen LogP contribution in [0.5, 0.6) is 0 Å². The monoisotopic (exact) mass is 336 g/mol. The predicted octanol–water partition coefficient (Wildman–Crippen LogP) is 5.01. The van der Waals surface area contributed by atoms with Crippen molar-refractivity contribution in [3.63, 3.8) is 0 Å². The number of halogens is 1. The number of furan rings is 1. The van der Waals surface area contributed by atoms with Gasteiger partial charge in [-0.3, -0.25) is 0 Å². The second kappa shape index (κ2) is 9.02. The van der Waals surface area contributed by atoms with Crippen molar-refractivity contribution in [2.24, 2.45) is 0 Å². The molecule has 0 aliphatic carbocycles. The fourth-order valence-corrected chi connectivity index (χ4v) is 3.03. The molecular formula is C13H21BrO3S. The first-order valence-electron chi connectivity index (χ1n) is 6.38. The third kappa shape index (κ3) is 4.96. The van der Waals surface area contributed by atoms with E-state index >= 15 is 0 Å². The van der Waals surface area contributed by atoms with Gasteiger partial charge in [0.15, 0.2) is 10.9 Å². The third-order valence-corrected chi connectivity index (χ3v) is 4.18. The molecule has 0 saturated carbocycles. The summed E-state index contributed by atoms with van der Waals surface area (Å²) in [7, 11) is 0. The molecule has 1 heterocycles. The Balaban J connectivity index is 2.67. The van der Waals surface area contributed by atoms with Gasteiger partial charge in [0, 0.05) is 25.0 Å². The molecule has 104 valence electrons. The van der Waals surface area contributed by atoms with Crippen LogP contribution in [0.25, 0.3) is 0 Å². The van der Waals surface area contributed by atoms with Crippen molar-refractivity contribution in [3.8, 4) is 0 Å². The standard InChI is InChI=1S/C13H21BrO3S/c1-4-7-8-18-13-10(14)9-11(17-13)12(15-5-2)16-6-3/h9,12H,4-8H2,1-3H3. The van der Waals surface area contributed by atoms with Crippen molar-refractivity contribution >= 4 is 27.7 Å². The smallest absolute Gasteiger partial charge is 0.217 e. The molecule has 0 spiro atoms. The first-order chi connectivity index (χ1) is 8.72. The van der Waals surface area contributed by atoms with E-state index < -0.39 is 6.29 Å². The fourth-order valence-electron chi connectivity index (χ4n) is 1.41. The Labute approximate surface area is 122 Å². The SMILES string of the molecule is CCCCSc1oc(C(OCC)OCC)cc1Br. The van der Waals surface area contributed by atoms with Gasteiger partial charge in [-0.15, -0.1) is 0 Å². The zero-order chi connectivity index (χ0) is 13.4. The molecule has 0 fully saturated rings. The van der Waals surface area contributed by atoms with Crippen LogP contribution in [0.1, 0.15) is 45.7 Å². The van der Waals surface area contributed by atoms with E-state index in [0.29, 0.717) is 13.2 Å². The largest absolute Gasteiger partial charge is 0.448 e. The molecule has 0 aliphatic rings. The minimum absolute atomic E-state index is 0.406. The Morgan fingerprint density at radius 2 is 1.94 bits per heavy atom. The van der Waals surface area contributed by atoms with E-state index in [0.717, 1.165) is 21.1 Å². The van der Waals surface area contributed by atoms with Gasteiger partial charge in [-0.05, 0) is 36.2 Å². The van der Waals surface area contributed by atoms with Gasteiger partial charge < -0.3 is 13.9 Å². The normalized spacial score (nSPS) is 11.4. The van der Waals surface area contributed by atoms with E-state index in [1.54, 1.807) is 11.8 Å². The van der Waals surface area contributed by atoms with Gasteiger partial charge in [0.2, 0.25) is 6.29 Å². The molecule has 0 radical (unpaired) electrons. The van der Waals surface area contributed by atoms with Crippen molar-refractivity contribution in [3.05, 3.63) is 16.3 Å². The Kier molecular flexibility index (Phi) is 8.06. The molecule has 5 heteroatoms. The molecule has 0 bridgehead atoms. The Morgan fingerprint density at radius 3 is 2.50 bits per heavy atom. The molecule has 1 aromatic heterocycles. The summed E-state index contributed by atoms with van der Waals surface area (Å²) < 4.78 is 17.8. The summed E-state index contributed by atoms with van der Waals surface area (Å²) in [6.07, 6.45) is 1.98. The maximum atomic E-state index is 5.79. The molecular weight excluding hydrogens is 316 g/mol. The Hall–Kier alpha value is 0.0300. The van der Waals surface area contributed by atoms with Gasteiger partial charge in [0.1, 0.15) is 0 Å². The van der Waals surface area contributed by atoms with E-state index in [4.69, 9.17) is 13.9 Å². The minimum atomic E-state index is -0.406. The molecule has 3 nitrogen and oxygen atoms in total. The van der Waals surface area contributed by atoms with Gasteiger partial charge in [0.25, 0.3) is 0 Å². The van der Waals surface area contributed by atoms with Crippen LogP contribution in [-0.4, -0.2) is 19.0 Å². The summed E-state index contributed by atoms with van der Waals surface area (Å²) in [6.45, 7) is 7.27. The number of thioether (sulfide) groups is 1. The maximum absolute atomic E-state index is 5.79. The highest BCUT2D eigenvalue weighted by Crippen LogP contribution is 2.35. The molecule has 0 atom stereocenters. The predicted molar refractivity (Wildman–Crippen MR) is 78.0 cm³/mol. The second-order valence-electron chi connectivity index (χ2n) is 3.73. The first kappa shape index (κ1) is 16.1. The van der Waals surface area contributed by atoms with Crippen molar-refractivity contribution in [1.29, 1.82) is 0 Å². The van der Waals surface area contributed by atoms with E-state index in [9.17, 15) is 0 Å². The molecule has 0 saturated heterocycles. The second-order valence-corrected chi connectivity index (χ2v) is 5.65. The van der Waals surface area contributed by atoms with E-state index in [1.807, 2.05) is 19.9 Å². The molecule has 0 aliphatic heterocycles. The van der Waals surface area contributed by atoms with Crippen LogP contribution in [0.2, 0.25) is 0 Å². The van der Waals surface area contributed by atoms with Crippen LogP contribution in [0, 0.1) is 0 Å². The summed E-state index contributed by atoms with van der Waals surface area (Å²) in [5, 5.41) is 0.905.